The lowest BCUT2D eigenvalue weighted by Crippen LogP contribution is -2.21. The van der Waals surface area contributed by atoms with Gasteiger partial charge in [-0.25, -0.2) is 0 Å². The van der Waals surface area contributed by atoms with Crippen molar-refractivity contribution in [3.63, 3.8) is 0 Å². The van der Waals surface area contributed by atoms with Gasteiger partial charge in [-0.05, 0) is 74.4 Å². The number of ether oxygens (including phenoxy) is 1. The van der Waals surface area contributed by atoms with Gasteiger partial charge in [-0.2, -0.15) is 0 Å². The number of hydrogen-bond acceptors (Lipinski definition) is 2. The van der Waals surface area contributed by atoms with Gasteiger partial charge in [0, 0.05) is 6.04 Å². The minimum Gasteiger partial charge on any atom is -0.497 e. The number of nitrogens with one attached hydrogen (secondary N) is 1. The molecule has 0 bridgehead atoms. The second-order valence-corrected chi connectivity index (χ2v) is 6.87. The molecule has 122 valence electrons. The normalized spacial score (nSPS) is 21.0. The Bertz CT molecular complexity index is 679. The van der Waals surface area contributed by atoms with E-state index < -0.39 is 0 Å². The average molecular weight is 309 g/mol. The molecular formula is C21H27NO. The third-order valence-corrected chi connectivity index (χ3v) is 5.04. The maximum absolute atomic E-state index is 5.31. The highest BCUT2D eigenvalue weighted by atomic mass is 16.5. The minimum absolute atomic E-state index is 0.352. The minimum atomic E-state index is 0.352. The van der Waals surface area contributed by atoms with Gasteiger partial charge >= 0.3 is 0 Å². The summed E-state index contributed by atoms with van der Waals surface area (Å²) < 4.78 is 5.31. The van der Waals surface area contributed by atoms with Crippen LogP contribution in [0.25, 0.3) is 0 Å². The van der Waals surface area contributed by atoms with Crippen LogP contribution in [0.15, 0.2) is 42.5 Å². The number of benzene rings is 2. The van der Waals surface area contributed by atoms with Crippen molar-refractivity contribution in [1.29, 1.82) is 0 Å². The van der Waals surface area contributed by atoms with E-state index >= 15 is 0 Å². The molecule has 2 aromatic rings. The summed E-state index contributed by atoms with van der Waals surface area (Å²) in [5.41, 5.74) is 5.64. The first-order valence-electron chi connectivity index (χ1n) is 8.53. The van der Waals surface area contributed by atoms with Gasteiger partial charge < -0.3 is 10.1 Å². The van der Waals surface area contributed by atoms with E-state index in [1.165, 1.54) is 23.1 Å². The van der Waals surface area contributed by atoms with Crippen LogP contribution in [0.1, 0.15) is 47.6 Å². The Morgan fingerprint density at radius 3 is 2.78 bits per heavy atom. The Morgan fingerprint density at radius 2 is 2.00 bits per heavy atom. The van der Waals surface area contributed by atoms with Crippen LogP contribution in [0, 0.1) is 19.8 Å². The van der Waals surface area contributed by atoms with Gasteiger partial charge in [0.05, 0.1) is 7.11 Å². The van der Waals surface area contributed by atoms with Gasteiger partial charge in [0.15, 0.2) is 0 Å². The third kappa shape index (κ3) is 3.76. The molecule has 1 saturated carbocycles. The third-order valence-electron chi connectivity index (χ3n) is 5.04. The van der Waals surface area contributed by atoms with Crippen molar-refractivity contribution in [2.24, 2.45) is 5.92 Å². The van der Waals surface area contributed by atoms with Crippen LogP contribution in [-0.4, -0.2) is 13.7 Å². The van der Waals surface area contributed by atoms with Crippen molar-refractivity contribution < 1.29 is 4.74 Å². The summed E-state index contributed by atoms with van der Waals surface area (Å²) in [5.74, 6) is 2.43. The molecule has 1 aliphatic carbocycles. The largest absolute Gasteiger partial charge is 0.497 e. The van der Waals surface area contributed by atoms with E-state index in [0.29, 0.717) is 6.04 Å². The molecule has 0 radical (unpaired) electrons. The number of rotatable bonds is 6. The Kier molecular flexibility index (Phi) is 4.72. The zero-order valence-electron chi connectivity index (χ0n) is 14.6. The van der Waals surface area contributed by atoms with Gasteiger partial charge in [0.25, 0.3) is 0 Å². The zero-order valence-corrected chi connectivity index (χ0v) is 14.6. The Balaban J connectivity index is 1.56. The van der Waals surface area contributed by atoms with Crippen molar-refractivity contribution >= 4 is 0 Å². The second-order valence-electron chi connectivity index (χ2n) is 6.87. The molecule has 1 N–H and O–H groups in total. The van der Waals surface area contributed by atoms with Crippen LogP contribution in [0.2, 0.25) is 0 Å². The van der Waals surface area contributed by atoms with Crippen LogP contribution < -0.4 is 10.1 Å². The molecule has 2 heteroatoms. The topological polar surface area (TPSA) is 21.3 Å². The molecule has 3 rings (SSSR count). The molecule has 2 aromatic carbocycles. The van der Waals surface area contributed by atoms with Crippen LogP contribution in [0.5, 0.6) is 5.75 Å². The summed E-state index contributed by atoms with van der Waals surface area (Å²) >= 11 is 0. The smallest absolute Gasteiger partial charge is 0.119 e. The molecule has 23 heavy (non-hydrogen) atoms. The van der Waals surface area contributed by atoms with Gasteiger partial charge in [-0.15, -0.1) is 0 Å². The number of methoxy groups -OCH3 is 1. The maximum atomic E-state index is 5.31. The van der Waals surface area contributed by atoms with Gasteiger partial charge in [-0.1, -0.05) is 35.9 Å². The Hall–Kier alpha value is -1.80. The predicted molar refractivity (Wildman–Crippen MR) is 96.2 cm³/mol. The fourth-order valence-corrected chi connectivity index (χ4v) is 3.37. The molecule has 0 aromatic heterocycles. The van der Waals surface area contributed by atoms with Crippen LogP contribution in [-0.2, 0) is 0 Å². The highest BCUT2D eigenvalue weighted by molar-refractivity contribution is 5.37. The molecule has 0 saturated heterocycles. The molecule has 2 nitrogen and oxygen atoms in total. The van der Waals surface area contributed by atoms with Gasteiger partial charge in [0.2, 0.25) is 0 Å². The monoisotopic (exact) mass is 309 g/mol. The molecule has 0 heterocycles. The van der Waals surface area contributed by atoms with E-state index in [4.69, 9.17) is 4.74 Å². The van der Waals surface area contributed by atoms with Crippen LogP contribution in [0.3, 0.4) is 0 Å². The number of hydrogen-bond donors (Lipinski definition) is 1. The molecule has 0 spiro atoms. The van der Waals surface area contributed by atoms with E-state index in [2.05, 4.69) is 62.5 Å². The predicted octanol–water partition coefficient (Wildman–Crippen LogP) is 4.77. The summed E-state index contributed by atoms with van der Waals surface area (Å²) in [5, 5.41) is 3.69. The molecule has 1 aliphatic rings. The quantitative estimate of drug-likeness (QED) is 0.830. The summed E-state index contributed by atoms with van der Waals surface area (Å²) in [4.78, 5) is 0. The van der Waals surface area contributed by atoms with E-state index in [9.17, 15) is 0 Å². The van der Waals surface area contributed by atoms with Crippen molar-refractivity contribution in [3.8, 4) is 5.75 Å². The SMILES string of the molecule is COc1cccc(C(C)NC[C@H]2C[C@H]2c2cc(C)ccc2C)c1. The Labute approximate surface area is 139 Å². The fraction of sp³-hybridized carbons (Fsp3) is 0.429. The molecule has 0 amide bonds. The molecule has 1 unspecified atom stereocenters. The van der Waals surface area contributed by atoms with Crippen molar-refractivity contribution in [1.82, 2.24) is 5.32 Å². The lowest BCUT2D eigenvalue weighted by Gasteiger charge is -2.15. The van der Waals surface area contributed by atoms with E-state index in [-0.39, 0.29) is 0 Å². The fourth-order valence-electron chi connectivity index (χ4n) is 3.37. The van der Waals surface area contributed by atoms with Crippen LogP contribution in [0.4, 0.5) is 0 Å². The summed E-state index contributed by atoms with van der Waals surface area (Å²) in [6, 6.07) is 15.5. The highest BCUT2D eigenvalue weighted by Crippen LogP contribution is 2.48. The molecular weight excluding hydrogens is 282 g/mol. The molecule has 1 fully saturated rings. The van der Waals surface area contributed by atoms with Gasteiger partial charge in [-0.3, -0.25) is 0 Å². The second kappa shape index (κ2) is 6.76. The standard InChI is InChI=1S/C21H27NO/c1-14-8-9-15(2)20(10-14)21-12-18(21)13-22-16(3)17-6-5-7-19(11-17)23-4/h5-11,16,18,21-22H,12-13H2,1-4H3/t16?,18-,21-/m1/s1. The van der Waals surface area contributed by atoms with E-state index in [1.807, 2.05) is 6.07 Å². The van der Waals surface area contributed by atoms with Crippen molar-refractivity contribution in [3.05, 3.63) is 64.7 Å². The highest BCUT2D eigenvalue weighted by Gasteiger charge is 2.38. The van der Waals surface area contributed by atoms with Crippen molar-refractivity contribution in [2.75, 3.05) is 13.7 Å². The summed E-state index contributed by atoms with van der Waals surface area (Å²) in [6.45, 7) is 7.72. The lowest BCUT2D eigenvalue weighted by atomic mass is 10.0. The average Bonchev–Trinajstić information content (AvgIpc) is 3.34. The maximum Gasteiger partial charge on any atom is 0.119 e. The van der Waals surface area contributed by atoms with Crippen molar-refractivity contribution in [2.45, 2.75) is 39.2 Å². The lowest BCUT2D eigenvalue weighted by molar-refractivity contribution is 0.413. The van der Waals surface area contributed by atoms with E-state index in [1.54, 1.807) is 12.7 Å². The van der Waals surface area contributed by atoms with Gasteiger partial charge in [0.1, 0.15) is 5.75 Å². The van der Waals surface area contributed by atoms with E-state index in [0.717, 1.165) is 24.1 Å². The first-order valence-corrected chi connectivity index (χ1v) is 8.53. The van der Waals surface area contributed by atoms with Crippen LogP contribution >= 0.6 is 0 Å². The first kappa shape index (κ1) is 16.1. The molecule has 0 aliphatic heterocycles. The Morgan fingerprint density at radius 1 is 1.17 bits per heavy atom. The molecule has 3 atom stereocenters. The number of aryl methyl sites for hydroxylation is 2. The zero-order chi connectivity index (χ0) is 16.4. The summed E-state index contributed by atoms with van der Waals surface area (Å²) in [7, 11) is 1.72. The first-order chi connectivity index (χ1) is 11.1. The summed E-state index contributed by atoms with van der Waals surface area (Å²) in [6.07, 6.45) is 1.31.